The molecule has 4 atom stereocenters. The molecule has 0 aliphatic carbocycles. The number of ether oxygens (including phenoxy) is 3. The van der Waals surface area contributed by atoms with Gasteiger partial charge in [-0.2, -0.15) is 0 Å². The zero-order chi connectivity index (χ0) is 32.3. The van der Waals surface area contributed by atoms with Gasteiger partial charge in [0.2, 0.25) is 0 Å². The number of unbranched alkanes of at least 4 members (excludes halogenated alkanes) is 16. The molecule has 0 N–H and O–H groups in total. The maximum absolute atomic E-state index is 6.82. The van der Waals surface area contributed by atoms with E-state index in [9.17, 15) is 0 Å². The van der Waals surface area contributed by atoms with Gasteiger partial charge in [0.05, 0.1) is 12.7 Å². The van der Waals surface area contributed by atoms with Gasteiger partial charge in [-0.3, -0.25) is 0 Å². The van der Waals surface area contributed by atoms with Crippen LogP contribution in [0.2, 0.25) is 0 Å². The summed E-state index contributed by atoms with van der Waals surface area (Å²) in [5.41, 5.74) is 0. The summed E-state index contributed by atoms with van der Waals surface area (Å²) in [5, 5.41) is 0. The van der Waals surface area contributed by atoms with Crippen LogP contribution >= 0.6 is 0 Å². The molecule has 45 heavy (non-hydrogen) atoms. The zero-order valence-corrected chi connectivity index (χ0v) is 30.2. The molecule has 4 heteroatoms. The quantitative estimate of drug-likeness (QED) is 0.0469. The molecule has 260 valence electrons. The Labute approximate surface area is 280 Å². The second-order valence-electron chi connectivity index (χ2n) is 13.9. The van der Waals surface area contributed by atoms with Crippen molar-refractivity contribution in [3.63, 3.8) is 0 Å². The lowest BCUT2D eigenvalue weighted by Crippen LogP contribution is -2.38. The first-order valence-electron chi connectivity index (χ1n) is 19.3. The molecule has 2 rings (SSSR count). The third-order valence-electron chi connectivity index (χ3n) is 9.26. The molecule has 0 spiro atoms. The van der Waals surface area contributed by atoms with Gasteiger partial charge in [-0.05, 0) is 78.3 Å². The van der Waals surface area contributed by atoms with Gasteiger partial charge in [0.15, 0.2) is 5.79 Å². The fourth-order valence-electron chi connectivity index (χ4n) is 6.57. The number of rotatable bonds is 29. The van der Waals surface area contributed by atoms with Crippen molar-refractivity contribution in [2.45, 2.75) is 186 Å². The van der Waals surface area contributed by atoms with E-state index in [-0.39, 0.29) is 18.3 Å². The Morgan fingerprint density at radius 2 is 1.09 bits per heavy atom. The summed E-state index contributed by atoms with van der Waals surface area (Å²) >= 11 is 0. The normalized spacial score (nSPS) is 23.7. The number of fused-ring (bicyclic) bond motifs is 1. The Bertz CT molecular complexity index is 803. The smallest absolute Gasteiger partial charge is 0.169 e. The van der Waals surface area contributed by atoms with Crippen LogP contribution in [0.5, 0.6) is 0 Å². The third kappa shape index (κ3) is 19.3. The van der Waals surface area contributed by atoms with Gasteiger partial charge >= 0.3 is 0 Å². The van der Waals surface area contributed by atoms with E-state index in [0.29, 0.717) is 6.61 Å². The Hall–Kier alpha value is -1.20. The molecule has 0 aromatic heterocycles. The summed E-state index contributed by atoms with van der Waals surface area (Å²) < 4.78 is 19.6. The molecule has 4 unspecified atom stereocenters. The molecule has 2 fully saturated rings. The topological polar surface area (TPSA) is 30.9 Å². The first kappa shape index (κ1) is 40.0. The SMILES string of the molecule is CCCC/C=C/C/C=C\CCCCCCCCC1(CCCCCCC/C=C/C=C/CCCCC)OC2COC(CN(C)C)C2O1. The van der Waals surface area contributed by atoms with Crippen LogP contribution in [-0.2, 0) is 14.2 Å². The van der Waals surface area contributed by atoms with Crippen LogP contribution in [-0.4, -0.2) is 56.2 Å². The minimum Gasteiger partial charge on any atom is -0.371 e. The zero-order valence-electron chi connectivity index (χ0n) is 30.2. The minimum absolute atomic E-state index is 0.0831. The van der Waals surface area contributed by atoms with Crippen molar-refractivity contribution in [1.82, 2.24) is 4.90 Å². The monoisotopic (exact) mass is 628 g/mol. The lowest BCUT2D eigenvalue weighted by molar-refractivity contribution is -0.209. The van der Waals surface area contributed by atoms with Gasteiger partial charge < -0.3 is 19.1 Å². The lowest BCUT2D eigenvalue weighted by Gasteiger charge is -2.31. The largest absolute Gasteiger partial charge is 0.371 e. The fourth-order valence-corrected chi connectivity index (χ4v) is 6.57. The highest BCUT2D eigenvalue weighted by molar-refractivity contribution is 5.02. The Balaban J connectivity index is 1.62. The second-order valence-corrected chi connectivity index (χ2v) is 13.9. The lowest BCUT2D eigenvalue weighted by atomic mass is 9.98. The molecule has 0 bridgehead atoms. The molecular weight excluding hydrogens is 554 g/mol. The maximum Gasteiger partial charge on any atom is 0.169 e. The second kappa shape index (κ2) is 26.8. The van der Waals surface area contributed by atoms with E-state index in [1.807, 2.05) is 0 Å². The van der Waals surface area contributed by atoms with Crippen molar-refractivity contribution in [3.8, 4) is 0 Å². The van der Waals surface area contributed by atoms with E-state index in [1.165, 1.54) is 128 Å². The summed E-state index contributed by atoms with van der Waals surface area (Å²) in [6, 6.07) is 0. The van der Waals surface area contributed by atoms with E-state index < -0.39 is 5.79 Å². The molecule has 0 aromatic carbocycles. The molecule has 4 nitrogen and oxygen atoms in total. The van der Waals surface area contributed by atoms with E-state index in [0.717, 1.165) is 25.8 Å². The van der Waals surface area contributed by atoms with Crippen LogP contribution in [0.4, 0.5) is 0 Å². The van der Waals surface area contributed by atoms with Crippen molar-refractivity contribution in [1.29, 1.82) is 0 Å². The van der Waals surface area contributed by atoms with Crippen molar-refractivity contribution in [3.05, 3.63) is 48.6 Å². The molecule has 0 amide bonds. The summed E-state index contributed by atoms with van der Waals surface area (Å²) in [4.78, 5) is 2.21. The van der Waals surface area contributed by atoms with E-state index in [4.69, 9.17) is 14.2 Å². The summed E-state index contributed by atoms with van der Waals surface area (Å²) in [6.07, 6.45) is 47.5. The van der Waals surface area contributed by atoms with Gasteiger partial charge in [-0.1, -0.05) is 133 Å². The Morgan fingerprint density at radius 1 is 0.578 bits per heavy atom. The average molecular weight is 628 g/mol. The number of nitrogens with zero attached hydrogens (tertiary/aromatic N) is 1. The Kier molecular flexibility index (Phi) is 23.8. The predicted octanol–water partition coefficient (Wildman–Crippen LogP) is 11.7. The van der Waals surface area contributed by atoms with Gasteiger partial charge in [0, 0.05) is 19.4 Å². The predicted molar refractivity (Wildman–Crippen MR) is 195 cm³/mol. The molecule has 0 saturated carbocycles. The number of hydrogen-bond donors (Lipinski definition) is 0. The first-order chi connectivity index (χ1) is 22.1. The van der Waals surface area contributed by atoms with Gasteiger partial charge in [0.1, 0.15) is 12.2 Å². The average Bonchev–Trinajstić information content (AvgIpc) is 3.57. The molecule has 2 heterocycles. The van der Waals surface area contributed by atoms with Crippen LogP contribution in [0, 0.1) is 0 Å². The third-order valence-corrected chi connectivity index (χ3v) is 9.26. The van der Waals surface area contributed by atoms with E-state index in [1.54, 1.807) is 0 Å². The maximum atomic E-state index is 6.82. The van der Waals surface area contributed by atoms with Crippen LogP contribution in [0.1, 0.15) is 162 Å². The van der Waals surface area contributed by atoms with Crippen molar-refractivity contribution >= 4 is 0 Å². The summed E-state index contributed by atoms with van der Waals surface area (Å²) in [7, 11) is 4.23. The van der Waals surface area contributed by atoms with Crippen molar-refractivity contribution in [2.24, 2.45) is 0 Å². The van der Waals surface area contributed by atoms with Crippen LogP contribution < -0.4 is 0 Å². The molecular formula is C41H73NO3. The van der Waals surface area contributed by atoms with Crippen molar-refractivity contribution in [2.75, 3.05) is 27.2 Å². The molecule has 0 aromatic rings. The molecule has 0 radical (unpaired) electrons. The Morgan fingerprint density at radius 3 is 1.67 bits per heavy atom. The number of allylic oxidation sites excluding steroid dienone is 8. The first-order valence-corrected chi connectivity index (χ1v) is 19.3. The number of hydrogen-bond acceptors (Lipinski definition) is 4. The molecule has 2 saturated heterocycles. The van der Waals surface area contributed by atoms with E-state index in [2.05, 4.69) is 81.5 Å². The number of likely N-dealkylation sites (N-methyl/N-ethyl adjacent to an activating group) is 1. The van der Waals surface area contributed by atoms with Crippen LogP contribution in [0.25, 0.3) is 0 Å². The van der Waals surface area contributed by atoms with Crippen molar-refractivity contribution < 1.29 is 14.2 Å². The summed E-state index contributed by atoms with van der Waals surface area (Å²) in [5.74, 6) is -0.397. The van der Waals surface area contributed by atoms with Crippen LogP contribution in [0.3, 0.4) is 0 Å². The highest BCUT2D eigenvalue weighted by Gasteiger charge is 2.53. The highest BCUT2D eigenvalue weighted by Crippen LogP contribution is 2.42. The van der Waals surface area contributed by atoms with E-state index >= 15 is 0 Å². The minimum atomic E-state index is -0.397. The van der Waals surface area contributed by atoms with Gasteiger partial charge in [-0.25, -0.2) is 0 Å². The van der Waals surface area contributed by atoms with Crippen LogP contribution in [0.15, 0.2) is 48.6 Å². The molecule has 2 aliphatic heterocycles. The van der Waals surface area contributed by atoms with Gasteiger partial charge in [0.25, 0.3) is 0 Å². The standard InChI is InChI=1S/C41H73NO3/c1-5-7-9-11-13-15-17-19-21-23-25-27-29-31-33-35-41(44-39-37-43-38(36-42(3)4)40(39)45-41)34-32-30-28-26-24-22-20-18-16-14-12-10-8-6-2/h11,13-14,16-20,38-40H,5-10,12,15,21-37H2,1-4H3/b13-11+,16-14+,19-17-,20-18+. The summed E-state index contributed by atoms with van der Waals surface area (Å²) in [6.45, 7) is 6.09. The van der Waals surface area contributed by atoms with Gasteiger partial charge in [-0.15, -0.1) is 0 Å². The highest BCUT2D eigenvalue weighted by atomic mass is 16.8. The molecule has 2 aliphatic rings. The fraction of sp³-hybridized carbons (Fsp3) is 0.805.